The van der Waals surface area contributed by atoms with E-state index >= 15 is 0 Å². The fourth-order valence-electron chi connectivity index (χ4n) is 2.48. The van der Waals surface area contributed by atoms with Crippen LogP contribution < -0.4 is 10.1 Å². The first-order valence-electron chi connectivity index (χ1n) is 7.83. The molecule has 112 valence electrons. The highest BCUT2D eigenvalue weighted by Crippen LogP contribution is 2.21. The van der Waals surface area contributed by atoms with Crippen molar-refractivity contribution in [3.8, 4) is 5.75 Å². The Kier molecular flexibility index (Phi) is 6.34. The molecule has 0 bridgehead atoms. The number of rotatable bonds is 7. The Hall–Kier alpha value is -1.06. The van der Waals surface area contributed by atoms with E-state index in [1.807, 2.05) is 0 Å². The van der Waals surface area contributed by atoms with Crippen LogP contribution in [0.4, 0.5) is 0 Å². The van der Waals surface area contributed by atoms with Crippen LogP contribution in [0.5, 0.6) is 5.75 Å². The van der Waals surface area contributed by atoms with Crippen LogP contribution in [0.2, 0.25) is 0 Å². The summed E-state index contributed by atoms with van der Waals surface area (Å²) in [7, 11) is 0. The molecule has 0 radical (unpaired) electrons. The molecule has 1 fully saturated rings. The maximum Gasteiger partial charge on any atom is 0.119 e. The zero-order chi connectivity index (χ0) is 14.2. The van der Waals surface area contributed by atoms with Gasteiger partial charge in [-0.15, -0.1) is 0 Å². The second kappa shape index (κ2) is 8.28. The molecule has 1 aliphatic rings. The van der Waals surface area contributed by atoms with Gasteiger partial charge in [0.05, 0.1) is 6.61 Å². The molecule has 3 heteroatoms. The Bertz CT molecular complexity index is 388. The summed E-state index contributed by atoms with van der Waals surface area (Å²) in [4.78, 5) is 0. The SMILES string of the molecule is CCCNC(C)c1cccc(OCC2CCOCC2)c1. The quantitative estimate of drug-likeness (QED) is 0.826. The van der Waals surface area contributed by atoms with Crippen molar-refractivity contribution < 1.29 is 9.47 Å². The van der Waals surface area contributed by atoms with Gasteiger partial charge in [0.2, 0.25) is 0 Å². The normalized spacial score (nSPS) is 17.9. The van der Waals surface area contributed by atoms with Gasteiger partial charge < -0.3 is 14.8 Å². The number of ether oxygens (including phenoxy) is 2. The van der Waals surface area contributed by atoms with Gasteiger partial charge in [-0.1, -0.05) is 19.1 Å². The Labute approximate surface area is 122 Å². The summed E-state index contributed by atoms with van der Waals surface area (Å²) >= 11 is 0. The van der Waals surface area contributed by atoms with Crippen molar-refractivity contribution in [1.82, 2.24) is 5.32 Å². The smallest absolute Gasteiger partial charge is 0.119 e. The monoisotopic (exact) mass is 277 g/mol. The predicted octanol–water partition coefficient (Wildman–Crippen LogP) is 3.55. The molecule has 3 nitrogen and oxygen atoms in total. The lowest BCUT2D eigenvalue weighted by atomic mass is 10.0. The van der Waals surface area contributed by atoms with E-state index in [9.17, 15) is 0 Å². The second-order valence-electron chi connectivity index (χ2n) is 5.62. The van der Waals surface area contributed by atoms with E-state index in [-0.39, 0.29) is 0 Å². The highest BCUT2D eigenvalue weighted by Gasteiger charge is 2.14. The van der Waals surface area contributed by atoms with Crippen LogP contribution in [-0.4, -0.2) is 26.4 Å². The summed E-state index contributed by atoms with van der Waals surface area (Å²) in [5, 5.41) is 3.51. The number of hydrogen-bond acceptors (Lipinski definition) is 3. The molecule has 1 aromatic carbocycles. The van der Waals surface area contributed by atoms with Gasteiger partial charge >= 0.3 is 0 Å². The fourth-order valence-corrected chi connectivity index (χ4v) is 2.48. The van der Waals surface area contributed by atoms with Crippen LogP contribution in [0.1, 0.15) is 44.7 Å². The molecule has 0 aliphatic carbocycles. The highest BCUT2D eigenvalue weighted by atomic mass is 16.5. The third-order valence-corrected chi connectivity index (χ3v) is 3.89. The highest BCUT2D eigenvalue weighted by molar-refractivity contribution is 5.30. The van der Waals surface area contributed by atoms with Crippen molar-refractivity contribution in [2.75, 3.05) is 26.4 Å². The van der Waals surface area contributed by atoms with Gasteiger partial charge in [0.15, 0.2) is 0 Å². The van der Waals surface area contributed by atoms with Crippen LogP contribution >= 0.6 is 0 Å². The Morgan fingerprint density at radius 1 is 1.35 bits per heavy atom. The van der Waals surface area contributed by atoms with Crippen molar-refractivity contribution in [3.63, 3.8) is 0 Å². The third-order valence-electron chi connectivity index (χ3n) is 3.89. The van der Waals surface area contributed by atoms with E-state index in [1.165, 1.54) is 5.56 Å². The molecular weight excluding hydrogens is 250 g/mol. The van der Waals surface area contributed by atoms with Gasteiger partial charge in [-0.2, -0.15) is 0 Å². The first-order chi connectivity index (χ1) is 9.79. The molecule has 1 aromatic rings. The molecule has 1 heterocycles. The molecule has 0 amide bonds. The first-order valence-corrected chi connectivity index (χ1v) is 7.83. The standard InChI is InChI=1S/C17H27NO2/c1-3-9-18-14(2)16-5-4-6-17(12-16)20-13-15-7-10-19-11-8-15/h4-6,12,14-15,18H,3,7-11,13H2,1-2H3. The van der Waals surface area contributed by atoms with Crippen molar-refractivity contribution in [3.05, 3.63) is 29.8 Å². The minimum Gasteiger partial charge on any atom is -0.493 e. The molecule has 2 rings (SSSR count). The summed E-state index contributed by atoms with van der Waals surface area (Å²) in [6.45, 7) is 8.01. The zero-order valence-electron chi connectivity index (χ0n) is 12.7. The molecule has 1 atom stereocenters. The number of nitrogens with one attached hydrogen (secondary N) is 1. The van der Waals surface area contributed by atoms with E-state index in [0.29, 0.717) is 12.0 Å². The summed E-state index contributed by atoms with van der Waals surface area (Å²) < 4.78 is 11.3. The molecule has 1 aliphatic heterocycles. The zero-order valence-corrected chi connectivity index (χ0v) is 12.7. The van der Waals surface area contributed by atoms with Crippen molar-refractivity contribution in [2.45, 2.75) is 39.2 Å². The Balaban J connectivity index is 1.85. The van der Waals surface area contributed by atoms with Crippen LogP contribution in [0.25, 0.3) is 0 Å². The van der Waals surface area contributed by atoms with E-state index in [0.717, 1.165) is 51.4 Å². The Morgan fingerprint density at radius 2 is 2.15 bits per heavy atom. The molecule has 0 aromatic heterocycles. The van der Waals surface area contributed by atoms with Crippen LogP contribution in [0, 0.1) is 5.92 Å². The van der Waals surface area contributed by atoms with Crippen LogP contribution in [0.15, 0.2) is 24.3 Å². The predicted molar refractivity (Wildman–Crippen MR) is 82.2 cm³/mol. The summed E-state index contributed by atoms with van der Waals surface area (Å²) in [6.07, 6.45) is 3.40. The van der Waals surface area contributed by atoms with Crippen molar-refractivity contribution >= 4 is 0 Å². The molecular formula is C17H27NO2. The minimum absolute atomic E-state index is 0.376. The number of hydrogen-bond donors (Lipinski definition) is 1. The van der Waals surface area contributed by atoms with E-state index in [1.54, 1.807) is 0 Å². The van der Waals surface area contributed by atoms with E-state index in [2.05, 4.69) is 43.4 Å². The van der Waals surface area contributed by atoms with Gasteiger partial charge in [0.1, 0.15) is 5.75 Å². The molecule has 1 saturated heterocycles. The average Bonchev–Trinajstić information content (AvgIpc) is 2.52. The lowest BCUT2D eigenvalue weighted by molar-refractivity contribution is 0.0497. The maximum absolute atomic E-state index is 5.96. The summed E-state index contributed by atoms with van der Waals surface area (Å²) in [5.74, 6) is 1.63. The van der Waals surface area contributed by atoms with Crippen LogP contribution in [0.3, 0.4) is 0 Å². The maximum atomic E-state index is 5.96. The lowest BCUT2D eigenvalue weighted by Gasteiger charge is -2.22. The second-order valence-corrected chi connectivity index (χ2v) is 5.62. The fraction of sp³-hybridized carbons (Fsp3) is 0.647. The third kappa shape index (κ3) is 4.80. The largest absolute Gasteiger partial charge is 0.493 e. The minimum atomic E-state index is 0.376. The van der Waals surface area contributed by atoms with Crippen molar-refractivity contribution in [1.29, 1.82) is 0 Å². The van der Waals surface area contributed by atoms with E-state index < -0.39 is 0 Å². The van der Waals surface area contributed by atoms with E-state index in [4.69, 9.17) is 9.47 Å². The Morgan fingerprint density at radius 3 is 2.90 bits per heavy atom. The van der Waals surface area contributed by atoms with Crippen molar-refractivity contribution in [2.24, 2.45) is 5.92 Å². The molecule has 0 saturated carbocycles. The van der Waals surface area contributed by atoms with Gasteiger partial charge in [0.25, 0.3) is 0 Å². The first kappa shape index (κ1) is 15.3. The summed E-state index contributed by atoms with van der Waals surface area (Å²) in [5.41, 5.74) is 1.29. The molecule has 1 unspecified atom stereocenters. The van der Waals surface area contributed by atoms with Crippen LogP contribution in [-0.2, 0) is 4.74 Å². The van der Waals surface area contributed by atoms with Gasteiger partial charge in [0, 0.05) is 19.3 Å². The van der Waals surface area contributed by atoms with Gasteiger partial charge in [-0.05, 0) is 56.3 Å². The lowest BCUT2D eigenvalue weighted by Crippen LogP contribution is -2.21. The summed E-state index contributed by atoms with van der Waals surface area (Å²) in [6, 6.07) is 8.83. The van der Waals surface area contributed by atoms with Gasteiger partial charge in [-0.25, -0.2) is 0 Å². The topological polar surface area (TPSA) is 30.5 Å². The van der Waals surface area contributed by atoms with Gasteiger partial charge in [-0.3, -0.25) is 0 Å². The molecule has 0 spiro atoms. The molecule has 20 heavy (non-hydrogen) atoms. The average molecular weight is 277 g/mol. The molecule has 1 N–H and O–H groups in total. The number of benzene rings is 1.